The smallest absolute Gasteiger partial charge is 0.229 e. The molecule has 0 aliphatic heterocycles. The van der Waals surface area contributed by atoms with Gasteiger partial charge in [-0.25, -0.2) is 0 Å². The van der Waals surface area contributed by atoms with Gasteiger partial charge in [0.2, 0.25) is 5.12 Å². The summed E-state index contributed by atoms with van der Waals surface area (Å²) in [6, 6.07) is 17.3. The lowest BCUT2D eigenvalue weighted by Gasteiger charge is -2.02. The van der Waals surface area contributed by atoms with E-state index in [1.54, 1.807) is 42.2 Å². The normalized spacial score (nSPS) is 10.2. The number of hydrogen-bond donors (Lipinski definition) is 0. The maximum atomic E-state index is 11.9. The van der Waals surface area contributed by atoms with E-state index < -0.39 is 0 Å². The summed E-state index contributed by atoms with van der Waals surface area (Å²) < 4.78 is 5.06. The van der Waals surface area contributed by atoms with Gasteiger partial charge in [-0.05, 0) is 40.6 Å². The van der Waals surface area contributed by atoms with Gasteiger partial charge in [0.15, 0.2) is 0 Å². The Balaban J connectivity index is 1.84. The van der Waals surface area contributed by atoms with Gasteiger partial charge >= 0.3 is 0 Å². The number of methoxy groups -OCH3 is 1. The molecule has 0 N–H and O–H groups in total. The van der Waals surface area contributed by atoms with Gasteiger partial charge in [-0.2, -0.15) is 0 Å². The highest BCUT2D eigenvalue weighted by molar-refractivity contribution is 8.82. The first kappa shape index (κ1) is 14.0. The molecule has 0 aliphatic rings. The van der Waals surface area contributed by atoms with E-state index in [-0.39, 0.29) is 5.12 Å². The van der Waals surface area contributed by atoms with Crippen molar-refractivity contribution < 1.29 is 9.53 Å². The molecule has 0 fully saturated rings. The molecule has 0 spiro atoms. The molecule has 0 amide bonds. The van der Waals surface area contributed by atoms with Crippen LogP contribution in [0.15, 0.2) is 54.6 Å². The highest BCUT2D eigenvalue weighted by Gasteiger charge is 2.07. The van der Waals surface area contributed by atoms with Gasteiger partial charge in [0.25, 0.3) is 0 Å². The van der Waals surface area contributed by atoms with Crippen LogP contribution in [-0.4, -0.2) is 12.2 Å². The highest BCUT2D eigenvalue weighted by Crippen LogP contribution is 2.29. The second-order valence-electron chi connectivity index (χ2n) is 3.85. The topological polar surface area (TPSA) is 26.3 Å². The molecule has 2 nitrogen and oxygen atoms in total. The van der Waals surface area contributed by atoms with Gasteiger partial charge in [-0.1, -0.05) is 41.1 Å². The van der Waals surface area contributed by atoms with Crippen LogP contribution >= 0.6 is 21.6 Å². The zero-order valence-electron chi connectivity index (χ0n) is 10.5. The molecule has 4 heteroatoms. The second kappa shape index (κ2) is 7.26. The fraction of sp³-hybridized carbons (Fsp3) is 0.133. The second-order valence-corrected chi connectivity index (χ2v) is 6.12. The standard InChI is InChI=1S/C15H14O2S2/c1-17-14-9-7-13(8-10-14)15(16)19-18-11-12-5-3-2-4-6-12/h2-10H,11H2,1H3. The van der Waals surface area contributed by atoms with Crippen molar-refractivity contribution in [1.82, 2.24) is 0 Å². The van der Waals surface area contributed by atoms with E-state index in [9.17, 15) is 4.79 Å². The average molecular weight is 290 g/mol. The maximum Gasteiger partial charge on any atom is 0.229 e. The molecule has 2 aromatic carbocycles. The summed E-state index contributed by atoms with van der Waals surface area (Å²) in [5.74, 6) is 1.59. The molecule has 0 saturated carbocycles. The van der Waals surface area contributed by atoms with Gasteiger partial charge in [0.1, 0.15) is 5.75 Å². The summed E-state index contributed by atoms with van der Waals surface area (Å²) in [5.41, 5.74) is 1.92. The number of hydrogen-bond acceptors (Lipinski definition) is 4. The fourth-order valence-electron chi connectivity index (χ4n) is 1.50. The van der Waals surface area contributed by atoms with Gasteiger partial charge in [0, 0.05) is 11.3 Å². The molecule has 0 aromatic heterocycles. The predicted octanol–water partition coefficient (Wildman–Crippen LogP) is 4.42. The minimum absolute atomic E-state index is 0.0728. The summed E-state index contributed by atoms with van der Waals surface area (Å²) in [6.45, 7) is 0. The molecule has 0 aliphatic carbocycles. The van der Waals surface area contributed by atoms with E-state index >= 15 is 0 Å². The Kier molecular flexibility index (Phi) is 5.36. The molecule has 0 saturated heterocycles. The molecule has 0 bridgehead atoms. The molecule has 2 aromatic rings. The van der Waals surface area contributed by atoms with Crippen molar-refractivity contribution in [2.75, 3.05) is 7.11 Å². The number of benzene rings is 2. The predicted molar refractivity (Wildman–Crippen MR) is 82.7 cm³/mol. The monoisotopic (exact) mass is 290 g/mol. The van der Waals surface area contributed by atoms with Crippen LogP contribution in [0.2, 0.25) is 0 Å². The van der Waals surface area contributed by atoms with Crippen molar-refractivity contribution in [3.8, 4) is 5.75 Å². The van der Waals surface area contributed by atoms with Crippen LogP contribution in [0, 0.1) is 0 Å². The summed E-state index contributed by atoms with van der Waals surface area (Å²) in [7, 11) is 4.44. The Labute approximate surface area is 121 Å². The number of carbonyl (C=O) groups excluding carboxylic acids is 1. The number of ether oxygens (including phenoxy) is 1. The van der Waals surface area contributed by atoms with Crippen molar-refractivity contribution in [1.29, 1.82) is 0 Å². The third-order valence-corrected chi connectivity index (χ3v) is 4.65. The minimum atomic E-state index is 0.0728. The largest absolute Gasteiger partial charge is 0.497 e. The van der Waals surface area contributed by atoms with Crippen LogP contribution in [0.3, 0.4) is 0 Å². The SMILES string of the molecule is COc1ccc(C(=O)SSCc2ccccc2)cc1. The Morgan fingerprint density at radius 2 is 1.74 bits per heavy atom. The van der Waals surface area contributed by atoms with Crippen LogP contribution in [0.5, 0.6) is 5.75 Å². The summed E-state index contributed by atoms with van der Waals surface area (Å²) in [5, 5.41) is 0.0728. The minimum Gasteiger partial charge on any atom is -0.497 e. The first-order valence-corrected chi connectivity index (χ1v) is 8.13. The van der Waals surface area contributed by atoms with Crippen molar-refractivity contribution >= 4 is 26.7 Å². The van der Waals surface area contributed by atoms with Gasteiger partial charge in [0.05, 0.1) is 7.11 Å². The van der Waals surface area contributed by atoms with E-state index in [4.69, 9.17) is 4.74 Å². The molecular weight excluding hydrogens is 276 g/mol. The van der Waals surface area contributed by atoms with E-state index in [1.807, 2.05) is 18.2 Å². The van der Waals surface area contributed by atoms with E-state index in [1.165, 1.54) is 16.4 Å². The Morgan fingerprint density at radius 1 is 1.05 bits per heavy atom. The summed E-state index contributed by atoms with van der Waals surface area (Å²) >= 11 is 0. The van der Waals surface area contributed by atoms with Crippen LogP contribution in [0.4, 0.5) is 0 Å². The van der Waals surface area contributed by atoms with Crippen molar-refractivity contribution in [3.63, 3.8) is 0 Å². The van der Waals surface area contributed by atoms with Gasteiger partial charge in [-0.3, -0.25) is 4.79 Å². The first-order chi connectivity index (χ1) is 9.29. The third kappa shape index (κ3) is 4.33. The molecule has 98 valence electrons. The van der Waals surface area contributed by atoms with Gasteiger partial charge < -0.3 is 4.74 Å². The molecular formula is C15H14O2S2. The Bertz CT molecular complexity index is 524. The molecule has 2 rings (SSSR count). The van der Waals surface area contributed by atoms with Crippen LogP contribution in [-0.2, 0) is 5.75 Å². The van der Waals surface area contributed by atoms with E-state index in [0.29, 0.717) is 5.56 Å². The molecule has 0 heterocycles. The van der Waals surface area contributed by atoms with Crippen LogP contribution < -0.4 is 4.74 Å². The third-order valence-electron chi connectivity index (χ3n) is 2.53. The quantitative estimate of drug-likeness (QED) is 0.762. The Hall–Kier alpha value is -1.39. The summed E-state index contributed by atoms with van der Waals surface area (Å²) in [4.78, 5) is 11.9. The van der Waals surface area contributed by atoms with Crippen LogP contribution in [0.25, 0.3) is 0 Å². The average Bonchev–Trinajstić information content (AvgIpc) is 2.48. The molecule has 0 radical (unpaired) electrons. The van der Waals surface area contributed by atoms with E-state index in [2.05, 4.69) is 12.1 Å². The molecule has 19 heavy (non-hydrogen) atoms. The van der Waals surface area contributed by atoms with Crippen molar-refractivity contribution in [3.05, 3.63) is 65.7 Å². The lowest BCUT2D eigenvalue weighted by atomic mass is 10.2. The first-order valence-electron chi connectivity index (χ1n) is 5.81. The van der Waals surface area contributed by atoms with E-state index in [0.717, 1.165) is 11.5 Å². The lowest BCUT2D eigenvalue weighted by molar-refractivity contribution is 0.109. The van der Waals surface area contributed by atoms with Gasteiger partial charge in [-0.15, -0.1) is 0 Å². The molecule has 0 unspecified atom stereocenters. The Morgan fingerprint density at radius 3 is 2.37 bits per heavy atom. The fourth-order valence-corrected chi connectivity index (χ4v) is 3.42. The summed E-state index contributed by atoms with van der Waals surface area (Å²) in [6.07, 6.45) is 0. The highest BCUT2D eigenvalue weighted by atomic mass is 33.1. The lowest BCUT2D eigenvalue weighted by Crippen LogP contribution is -1.91. The van der Waals surface area contributed by atoms with Crippen molar-refractivity contribution in [2.45, 2.75) is 5.75 Å². The molecule has 0 atom stereocenters. The number of carbonyl (C=O) groups is 1. The van der Waals surface area contributed by atoms with Crippen molar-refractivity contribution in [2.24, 2.45) is 0 Å². The number of rotatable bonds is 5. The zero-order chi connectivity index (χ0) is 13.5. The maximum absolute atomic E-state index is 11.9. The zero-order valence-corrected chi connectivity index (χ0v) is 12.2. The van der Waals surface area contributed by atoms with Crippen LogP contribution in [0.1, 0.15) is 15.9 Å².